The molecule has 0 atom stereocenters. The molecule has 0 bridgehead atoms. The van der Waals surface area contributed by atoms with Crippen molar-refractivity contribution in [1.82, 2.24) is 5.32 Å². The summed E-state index contributed by atoms with van der Waals surface area (Å²) in [5.41, 5.74) is 2.56. The number of hydrogen-bond donors (Lipinski definition) is 1. The molecule has 0 heterocycles. The van der Waals surface area contributed by atoms with Crippen LogP contribution in [0.2, 0.25) is 5.02 Å². The van der Waals surface area contributed by atoms with E-state index in [2.05, 4.69) is 36.2 Å². The van der Waals surface area contributed by atoms with Crippen LogP contribution in [0.15, 0.2) is 18.2 Å². The molecular formula is C13H21ClN2. The number of rotatable bonds is 6. The third-order valence-corrected chi connectivity index (χ3v) is 2.87. The Morgan fingerprint density at radius 3 is 2.62 bits per heavy atom. The molecule has 0 spiro atoms. The quantitative estimate of drug-likeness (QED) is 0.821. The molecule has 3 heteroatoms. The van der Waals surface area contributed by atoms with Crippen molar-refractivity contribution in [2.45, 2.75) is 26.8 Å². The fourth-order valence-electron chi connectivity index (χ4n) is 1.89. The van der Waals surface area contributed by atoms with Gasteiger partial charge in [0, 0.05) is 30.3 Å². The Bertz CT molecular complexity index is 326. The first-order chi connectivity index (χ1) is 7.72. The smallest absolute Gasteiger partial charge is 0.0426 e. The second-order valence-corrected chi connectivity index (χ2v) is 4.32. The Kier molecular flexibility index (Phi) is 5.64. The van der Waals surface area contributed by atoms with Gasteiger partial charge in [-0.05, 0) is 38.1 Å². The molecule has 0 saturated heterocycles. The molecule has 1 aromatic carbocycles. The molecule has 0 aliphatic carbocycles. The van der Waals surface area contributed by atoms with Crippen LogP contribution in [0.25, 0.3) is 0 Å². The Balaban J connectivity index is 3.01. The zero-order valence-corrected chi connectivity index (χ0v) is 11.1. The van der Waals surface area contributed by atoms with E-state index in [1.54, 1.807) is 0 Å². The summed E-state index contributed by atoms with van der Waals surface area (Å²) >= 11 is 6.07. The Morgan fingerprint density at radius 2 is 2.06 bits per heavy atom. The lowest BCUT2D eigenvalue weighted by molar-refractivity contribution is 0.767. The van der Waals surface area contributed by atoms with E-state index in [-0.39, 0.29) is 0 Å². The summed E-state index contributed by atoms with van der Waals surface area (Å²) in [6.07, 6.45) is 1.15. The van der Waals surface area contributed by atoms with Gasteiger partial charge in [-0.2, -0.15) is 0 Å². The van der Waals surface area contributed by atoms with E-state index < -0.39 is 0 Å². The van der Waals surface area contributed by atoms with E-state index >= 15 is 0 Å². The normalized spacial score (nSPS) is 10.5. The number of nitrogens with one attached hydrogen (secondary N) is 1. The lowest BCUT2D eigenvalue weighted by atomic mass is 10.1. The van der Waals surface area contributed by atoms with Gasteiger partial charge in [0.15, 0.2) is 0 Å². The first kappa shape index (κ1) is 13.3. The highest BCUT2D eigenvalue weighted by Gasteiger charge is 2.09. The lowest BCUT2D eigenvalue weighted by Crippen LogP contribution is -2.25. The monoisotopic (exact) mass is 240 g/mol. The number of nitrogens with zero attached hydrogens (tertiary/aromatic N) is 1. The third-order valence-electron chi connectivity index (χ3n) is 2.63. The van der Waals surface area contributed by atoms with Crippen LogP contribution in [-0.2, 0) is 6.54 Å². The van der Waals surface area contributed by atoms with Gasteiger partial charge in [0.05, 0.1) is 0 Å². The highest BCUT2D eigenvalue weighted by atomic mass is 35.5. The molecule has 0 saturated carbocycles. The van der Waals surface area contributed by atoms with Crippen LogP contribution < -0.4 is 10.2 Å². The Morgan fingerprint density at radius 1 is 1.31 bits per heavy atom. The van der Waals surface area contributed by atoms with E-state index in [0.29, 0.717) is 0 Å². The zero-order valence-electron chi connectivity index (χ0n) is 10.4. The summed E-state index contributed by atoms with van der Waals surface area (Å²) < 4.78 is 0. The second-order valence-electron chi connectivity index (χ2n) is 3.88. The van der Waals surface area contributed by atoms with Gasteiger partial charge in [0.2, 0.25) is 0 Å². The molecule has 16 heavy (non-hydrogen) atoms. The number of anilines is 1. The van der Waals surface area contributed by atoms with E-state index in [0.717, 1.165) is 31.1 Å². The molecule has 0 aliphatic rings. The van der Waals surface area contributed by atoms with Crippen LogP contribution >= 0.6 is 11.6 Å². The van der Waals surface area contributed by atoms with Crippen molar-refractivity contribution in [3.63, 3.8) is 0 Å². The van der Waals surface area contributed by atoms with Gasteiger partial charge in [0.25, 0.3) is 0 Å². The van der Waals surface area contributed by atoms with Gasteiger partial charge in [-0.25, -0.2) is 0 Å². The average Bonchev–Trinajstić information content (AvgIpc) is 2.29. The summed E-state index contributed by atoms with van der Waals surface area (Å²) in [5, 5.41) is 4.00. The van der Waals surface area contributed by atoms with Gasteiger partial charge < -0.3 is 10.2 Å². The molecule has 1 aromatic rings. The summed E-state index contributed by atoms with van der Waals surface area (Å²) in [7, 11) is 1.97. The number of halogens is 1. The molecule has 0 amide bonds. The van der Waals surface area contributed by atoms with Gasteiger partial charge in [-0.1, -0.05) is 24.6 Å². The summed E-state index contributed by atoms with van der Waals surface area (Å²) in [4.78, 5) is 2.37. The minimum Gasteiger partial charge on any atom is -0.372 e. The first-order valence-corrected chi connectivity index (χ1v) is 6.28. The predicted octanol–water partition coefficient (Wildman–Crippen LogP) is 3.30. The van der Waals surface area contributed by atoms with Gasteiger partial charge >= 0.3 is 0 Å². The molecule has 1 N–H and O–H groups in total. The maximum atomic E-state index is 6.07. The number of benzene rings is 1. The summed E-state index contributed by atoms with van der Waals surface area (Å²) in [6.45, 7) is 7.36. The van der Waals surface area contributed by atoms with Crippen LogP contribution in [0, 0.1) is 0 Å². The molecule has 0 fully saturated rings. The molecular weight excluding hydrogens is 220 g/mol. The molecule has 1 rings (SSSR count). The van der Waals surface area contributed by atoms with Crippen molar-refractivity contribution >= 4 is 17.3 Å². The van der Waals surface area contributed by atoms with Crippen LogP contribution in [-0.4, -0.2) is 20.1 Å². The Hall–Kier alpha value is -0.730. The fraction of sp³-hybridized carbons (Fsp3) is 0.538. The highest BCUT2D eigenvalue weighted by molar-refractivity contribution is 6.30. The van der Waals surface area contributed by atoms with Crippen molar-refractivity contribution in [3.05, 3.63) is 28.8 Å². The van der Waals surface area contributed by atoms with Gasteiger partial charge in [0.1, 0.15) is 0 Å². The highest BCUT2D eigenvalue weighted by Crippen LogP contribution is 2.25. The molecule has 0 unspecified atom stereocenters. The van der Waals surface area contributed by atoms with E-state index in [1.165, 1.54) is 11.3 Å². The van der Waals surface area contributed by atoms with E-state index in [4.69, 9.17) is 11.6 Å². The topological polar surface area (TPSA) is 15.3 Å². The maximum Gasteiger partial charge on any atom is 0.0426 e. The van der Waals surface area contributed by atoms with E-state index in [1.807, 2.05) is 13.1 Å². The standard InChI is InChI=1S/C13H21ClN2/c1-4-8-16(5-2)13-9-12(14)7-6-11(13)10-15-3/h6-7,9,15H,4-5,8,10H2,1-3H3. The first-order valence-electron chi connectivity index (χ1n) is 5.90. The number of hydrogen-bond acceptors (Lipinski definition) is 2. The minimum atomic E-state index is 0.810. The van der Waals surface area contributed by atoms with Crippen LogP contribution in [0.4, 0.5) is 5.69 Å². The molecule has 0 aliphatic heterocycles. The molecule has 0 aromatic heterocycles. The zero-order chi connectivity index (χ0) is 12.0. The predicted molar refractivity (Wildman–Crippen MR) is 72.4 cm³/mol. The van der Waals surface area contributed by atoms with Crippen molar-refractivity contribution in [3.8, 4) is 0 Å². The Labute approximate surface area is 104 Å². The van der Waals surface area contributed by atoms with Crippen molar-refractivity contribution in [2.75, 3.05) is 25.0 Å². The van der Waals surface area contributed by atoms with Crippen molar-refractivity contribution < 1.29 is 0 Å². The van der Waals surface area contributed by atoms with Gasteiger partial charge in [-0.3, -0.25) is 0 Å². The van der Waals surface area contributed by atoms with E-state index in [9.17, 15) is 0 Å². The SMILES string of the molecule is CCCN(CC)c1cc(Cl)ccc1CNC. The largest absolute Gasteiger partial charge is 0.372 e. The average molecular weight is 241 g/mol. The van der Waals surface area contributed by atoms with Crippen LogP contribution in [0.5, 0.6) is 0 Å². The molecule has 2 nitrogen and oxygen atoms in total. The molecule has 0 radical (unpaired) electrons. The van der Waals surface area contributed by atoms with Crippen LogP contribution in [0.3, 0.4) is 0 Å². The van der Waals surface area contributed by atoms with Crippen LogP contribution in [0.1, 0.15) is 25.8 Å². The fourth-order valence-corrected chi connectivity index (χ4v) is 2.06. The second kappa shape index (κ2) is 6.77. The lowest BCUT2D eigenvalue weighted by Gasteiger charge is -2.25. The summed E-state index contributed by atoms with van der Waals surface area (Å²) in [6, 6.07) is 6.12. The van der Waals surface area contributed by atoms with Crippen molar-refractivity contribution in [1.29, 1.82) is 0 Å². The third kappa shape index (κ3) is 3.39. The maximum absolute atomic E-state index is 6.07. The summed E-state index contributed by atoms with van der Waals surface area (Å²) in [5.74, 6) is 0. The van der Waals surface area contributed by atoms with Gasteiger partial charge in [-0.15, -0.1) is 0 Å². The minimum absolute atomic E-state index is 0.810. The molecule has 90 valence electrons. The van der Waals surface area contributed by atoms with Crippen molar-refractivity contribution in [2.24, 2.45) is 0 Å².